The van der Waals surface area contributed by atoms with Crippen molar-refractivity contribution in [2.45, 2.75) is 58.0 Å². The summed E-state index contributed by atoms with van der Waals surface area (Å²) in [5.74, 6) is 0. The second-order valence-corrected chi connectivity index (χ2v) is 6.03. The summed E-state index contributed by atoms with van der Waals surface area (Å²) in [6.07, 6.45) is 7.84. The van der Waals surface area contributed by atoms with E-state index in [9.17, 15) is 9.59 Å². The van der Waals surface area contributed by atoms with Gasteiger partial charge in [-0.05, 0) is 38.8 Å². The fraction of sp³-hybridized carbons (Fsp3) is 0.529. The van der Waals surface area contributed by atoms with Crippen LogP contribution in [0.1, 0.15) is 56.3 Å². The van der Waals surface area contributed by atoms with Crippen LogP contribution in [0.2, 0.25) is 0 Å². The van der Waals surface area contributed by atoms with Crippen molar-refractivity contribution in [2.75, 3.05) is 0 Å². The van der Waals surface area contributed by atoms with E-state index in [1.807, 2.05) is 24.3 Å². The summed E-state index contributed by atoms with van der Waals surface area (Å²) < 4.78 is 0.388. The zero-order valence-corrected chi connectivity index (χ0v) is 12.4. The highest BCUT2D eigenvalue weighted by atomic mass is 16.1. The van der Waals surface area contributed by atoms with Crippen LogP contribution in [0.15, 0.2) is 24.3 Å². The van der Waals surface area contributed by atoms with Crippen LogP contribution in [0.25, 0.3) is 0 Å². The Labute approximate surface area is 121 Å². The Balaban J connectivity index is 2.43. The van der Waals surface area contributed by atoms with Crippen molar-refractivity contribution < 1.29 is 9.59 Å². The quantitative estimate of drug-likeness (QED) is 0.606. The summed E-state index contributed by atoms with van der Waals surface area (Å²) in [6, 6.07) is 8.06. The molecule has 2 rings (SSSR count). The summed E-state index contributed by atoms with van der Waals surface area (Å²) in [6.45, 7) is 4.22. The van der Waals surface area contributed by atoms with Crippen LogP contribution in [0.4, 0.5) is 5.69 Å². The zero-order chi connectivity index (χ0) is 14.6. The molecule has 0 saturated heterocycles. The Kier molecular flexibility index (Phi) is 4.71. The van der Waals surface area contributed by atoms with Crippen LogP contribution < -0.4 is 4.48 Å². The Morgan fingerprint density at radius 2 is 1.65 bits per heavy atom. The average molecular weight is 274 g/mol. The highest BCUT2D eigenvalue weighted by Gasteiger charge is 2.42. The Hall–Kier alpha value is -1.48. The maximum absolute atomic E-state index is 12.0. The third-order valence-electron chi connectivity index (χ3n) is 4.68. The van der Waals surface area contributed by atoms with Gasteiger partial charge in [0.2, 0.25) is 0 Å². The van der Waals surface area contributed by atoms with Crippen molar-refractivity contribution in [2.24, 2.45) is 0 Å². The van der Waals surface area contributed by atoms with Gasteiger partial charge in [0, 0.05) is 30.5 Å². The molecule has 3 nitrogen and oxygen atoms in total. The van der Waals surface area contributed by atoms with E-state index in [0.717, 1.165) is 31.2 Å². The molecule has 3 heteroatoms. The monoisotopic (exact) mass is 274 g/mol. The largest absolute Gasteiger partial charge is 0.306 e. The first-order valence-electron chi connectivity index (χ1n) is 7.55. The van der Waals surface area contributed by atoms with Gasteiger partial charge in [-0.3, -0.25) is 4.79 Å². The number of benzene rings is 1. The molecule has 0 aliphatic heterocycles. The summed E-state index contributed by atoms with van der Waals surface area (Å²) in [5.41, 5.74) is 1.66. The number of hydrogen-bond acceptors (Lipinski definition) is 2. The Morgan fingerprint density at radius 3 is 2.10 bits per heavy atom. The lowest BCUT2D eigenvalue weighted by Gasteiger charge is -2.43. The standard InChI is InChI=1S/C17H24NO2/c1-14(2)18(13-20,16-6-4-3-5-7-16)17-10-8-15(12-19)9-11-17/h8-14,16H,3-7H2,1-2H3/q+1. The molecule has 1 atom stereocenters. The molecular formula is C17H24NO2+. The lowest BCUT2D eigenvalue weighted by Crippen LogP contribution is -2.60. The topological polar surface area (TPSA) is 34.1 Å². The molecule has 1 unspecified atom stereocenters. The highest BCUT2D eigenvalue weighted by molar-refractivity contribution is 5.77. The van der Waals surface area contributed by atoms with Crippen molar-refractivity contribution in [3.8, 4) is 0 Å². The number of amides is 1. The second kappa shape index (κ2) is 6.31. The lowest BCUT2D eigenvalue weighted by molar-refractivity contribution is -0.121. The van der Waals surface area contributed by atoms with E-state index in [1.54, 1.807) is 0 Å². The van der Waals surface area contributed by atoms with Crippen molar-refractivity contribution >= 4 is 18.4 Å². The minimum Gasteiger partial charge on any atom is -0.298 e. The third kappa shape index (κ3) is 2.55. The van der Waals surface area contributed by atoms with Crippen LogP contribution in [0, 0.1) is 0 Å². The van der Waals surface area contributed by atoms with Gasteiger partial charge in [-0.25, -0.2) is 9.28 Å². The lowest BCUT2D eigenvalue weighted by atomic mass is 9.90. The molecule has 1 saturated carbocycles. The third-order valence-corrected chi connectivity index (χ3v) is 4.68. The minimum atomic E-state index is 0.206. The highest BCUT2D eigenvalue weighted by Crippen LogP contribution is 2.35. The number of carbonyl (C=O) groups is 2. The number of carbonyl (C=O) groups excluding carboxylic acids is 2. The molecule has 1 aromatic carbocycles. The fourth-order valence-corrected chi connectivity index (χ4v) is 3.52. The SMILES string of the molecule is CC(C)[N+](C=O)(c1ccc(C=O)cc1)C1CCCCC1. The normalized spacial score (nSPS) is 19.6. The summed E-state index contributed by atoms with van der Waals surface area (Å²) in [5, 5.41) is 0. The van der Waals surface area contributed by atoms with E-state index >= 15 is 0 Å². The first-order valence-corrected chi connectivity index (χ1v) is 7.55. The van der Waals surface area contributed by atoms with Gasteiger partial charge in [-0.15, -0.1) is 0 Å². The predicted octanol–water partition coefficient (Wildman–Crippen LogP) is 3.70. The number of nitrogens with zero attached hydrogens (tertiary/aromatic N) is 1. The average Bonchev–Trinajstić information content (AvgIpc) is 2.50. The molecule has 1 aliphatic carbocycles. The summed E-state index contributed by atoms with van der Waals surface area (Å²) in [7, 11) is 0. The van der Waals surface area contributed by atoms with Crippen molar-refractivity contribution in [1.82, 2.24) is 4.48 Å². The Bertz CT molecular complexity index is 460. The molecule has 0 heterocycles. The smallest absolute Gasteiger partial charge is 0.298 e. The fourth-order valence-electron chi connectivity index (χ4n) is 3.52. The summed E-state index contributed by atoms with van der Waals surface area (Å²) in [4.78, 5) is 22.8. The van der Waals surface area contributed by atoms with Crippen molar-refractivity contribution in [1.29, 1.82) is 0 Å². The second-order valence-electron chi connectivity index (χ2n) is 6.03. The van der Waals surface area contributed by atoms with Crippen molar-refractivity contribution in [3.05, 3.63) is 29.8 Å². The van der Waals surface area contributed by atoms with E-state index in [-0.39, 0.29) is 6.04 Å². The number of quaternary nitrogens is 1. The Morgan fingerprint density at radius 1 is 1.05 bits per heavy atom. The van der Waals surface area contributed by atoms with Gasteiger partial charge in [-0.2, -0.15) is 0 Å². The van der Waals surface area contributed by atoms with E-state index in [1.165, 1.54) is 19.3 Å². The zero-order valence-electron chi connectivity index (χ0n) is 12.4. The van der Waals surface area contributed by atoms with E-state index < -0.39 is 0 Å². The molecule has 20 heavy (non-hydrogen) atoms. The van der Waals surface area contributed by atoms with Crippen LogP contribution in [-0.4, -0.2) is 24.8 Å². The van der Waals surface area contributed by atoms with Crippen LogP contribution >= 0.6 is 0 Å². The van der Waals surface area contributed by atoms with E-state index in [2.05, 4.69) is 13.8 Å². The molecule has 1 aromatic rings. The number of aldehydes is 1. The summed E-state index contributed by atoms with van der Waals surface area (Å²) >= 11 is 0. The van der Waals surface area contributed by atoms with E-state index in [4.69, 9.17) is 0 Å². The van der Waals surface area contributed by atoms with Gasteiger partial charge < -0.3 is 0 Å². The first-order chi connectivity index (χ1) is 9.65. The predicted molar refractivity (Wildman–Crippen MR) is 81.7 cm³/mol. The molecule has 0 N–H and O–H groups in total. The maximum Gasteiger partial charge on any atom is 0.306 e. The number of rotatable bonds is 5. The molecular weight excluding hydrogens is 250 g/mol. The van der Waals surface area contributed by atoms with Crippen LogP contribution in [0.5, 0.6) is 0 Å². The van der Waals surface area contributed by atoms with E-state index in [0.29, 0.717) is 16.1 Å². The molecule has 0 radical (unpaired) electrons. The van der Waals surface area contributed by atoms with Gasteiger partial charge in [0.05, 0.1) is 6.04 Å². The van der Waals surface area contributed by atoms with Gasteiger partial charge >= 0.3 is 6.41 Å². The molecule has 1 aliphatic rings. The van der Waals surface area contributed by atoms with Crippen molar-refractivity contribution in [3.63, 3.8) is 0 Å². The molecule has 108 valence electrons. The van der Waals surface area contributed by atoms with Gasteiger partial charge in [0.25, 0.3) is 0 Å². The molecule has 0 aromatic heterocycles. The minimum absolute atomic E-state index is 0.206. The number of hydrogen-bond donors (Lipinski definition) is 0. The molecule has 0 bridgehead atoms. The van der Waals surface area contributed by atoms with Gasteiger partial charge in [-0.1, -0.05) is 6.42 Å². The molecule has 0 spiro atoms. The van der Waals surface area contributed by atoms with Crippen LogP contribution in [0.3, 0.4) is 0 Å². The molecule has 1 fully saturated rings. The van der Waals surface area contributed by atoms with Gasteiger partial charge in [0.15, 0.2) is 0 Å². The first kappa shape index (κ1) is 14.9. The molecule has 1 amide bonds. The van der Waals surface area contributed by atoms with Crippen LogP contribution in [-0.2, 0) is 4.79 Å². The van der Waals surface area contributed by atoms with Gasteiger partial charge in [0.1, 0.15) is 18.0 Å². The maximum atomic E-state index is 12.0.